The van der Waals surface area contributed by atoms with Gasteiger partial charge in [-0.2, -0.15) is 8.42 Å². The molecule has 43 heavy (non-hydrogen) atoms. The quantitative estimate of drug-likeness (QED) is 0.290. The van der Waals surface area contributed by atoms with E-state index in [1.165, 1.54) is 0 Å². The van der Waals surface area contributed by atoms with Crippen molar-refractivity contribution in [3.63, 3.8) is 0 Å². The highest BCUT2D eigenvalue weighted by atomic mass is 32.2. The van der Waals surface area contributed by atoms with Crippen LogP contribution >= 0.6 is 0 Å². The van der Waals surface area contributed by atoms with Crippen LogP contribution in [0.1, 0.15) is 57.2 Å². The van der Waals surface area contributed by atoms with E-state index in [1.54, 1.807) is 24.0 Å². The fourth-order valence-corrected chi connectivity index (χ4v) is 6.15. The van der Waals surface area contributed by atoms with Gasteiger partial charge in [0, 0.05) is 24.2 Å². The van der Waals surface area contributed by atoms with Gasteiger partial charge in [0.05, 0.1) is 23.6 Å². The minimum absolute atomic E-state index is 0.163. The molecule has 0 aromatic heterocycles. The largest absolute Gasteiger partial charge is 0.392 e. The van der Waals surface area contributed by atoms with Crippen LogP contribution in [0.4, 0.5) is 5.69 Å². The number of benzene rings is 2. The summed E-state index contributed by atoms with van der Waals surface area (Å²) in [6.07, 6.45) is 6.05. The lowest BCUT2D eigenvalue weighted by Gasteiger charge is -2.29. The molecule has 2 aromatic carbocycles. The van der Waals surface area contributed by atoms with E-state index in [0.717, 1.165) is 28.0 Å². The molecule has 230 valence electrons. The fraction of sp³-hybridized carbons (Fsp3) is 0.424. The smallest absolute Gasteiger partial charge is 0.249 e. The summed E-state index contributed by atoms with van der Waals surface area (Å²) in [4.78, 5) is 29.0. The second-order valence-corrected chi connectivity index (χ2v) is 12.7. The molecule has 0 bridgehead atoms. The third-order valence-corrected chi connectivity index (χ3v) is 8.48. The van der Waals surface area contributed by atoms with E-state index in [1.807, 2.05) is 75.4 Å². The SMILES string of the molecule is CCNC1C(c2ccc(CN3C(=O)[C@H](NC(=O)CC(C)(C)NC[C@@H](C)O)CCc4ccccc43)cc2)=CC=CC1=S(=O)=O. The third-order valence-electron chi connectivity index (χ3n) is 7.72. The highest BCUT2D eigenvalue weighted by Crippen LogP contribution is 2.30. The maximum absolute atomic E-state index is 13.9. The number of β-amino-alcohol motifs (C(OH)–C–C–N with tert-alkyl or cyclic N) is 1. The number of carbonyl (C=O) groups is 2. The van der Waals surface area contributed by atoms with Crippen LogP contribution in [0.5, 0.6) is 0 Å². The van der Waals surface area contributed by atoms with Crippen LogP contribution in [0.3, 0.4) is 0 Å². The Labute approximate surface area is 255 Å². The van der Waals surface area contributed by atoms with Crippen molar-refractivity contribution < 1.29 is 23.1 Å². The van der Waals surface area contributed by atoms with Crippen molar-refractivity contribution >= 4 is 38.2 Å². The number of aliphatic hydroxyl groups excluding tert-OH is 1. The van der Waals surface area contributed by atoms with Crippen LogP contribution in [0.25, 0.3) is 5.57 Å². The van der Waals surface area contributed by atoms with Crippen molar-refractivity contribution in [3.05, 3.63) is 83.4 Å². The number of para-hydroxylation sites is 1. The molecular weight excluding hydrogens is 564 g/mol. The number of aryl methyl sites for hydroxylation is 1. The Bertz CT molecular complexity index is 1520. The second-order valence-electron chi connectivity index (χ2n) is 11.8. The number of hydrogen-bond donors (Lipinski definition) is 4. The lowest BCUT2D eigenvalue weighted by Crippen LogP contribution is -2.51. The molecule has 1 unspecified atom stereocenters. The molecule has 0 spiro atoms. The maximum atomic E-state index is 13.9. The van der Waals surface area contributed by atoms with Crippen LogP contribution in [-0.2, 0) is 32.8 Å². The summed E-state index contributed by atoms with van der Waals surface area (Å²) in [6.45, 7) is 8.71. The second kappa shape index (κ2) is 14.3. The van der Waals surface area contributed by atoms with Crippen molar-refractivity contribution in [2.75, 3.05) is 18.0 Å². The molecule has 1 aliphatic heterocycles. The highest BCUT2D eigenvalue weighted by Gasteiger charge is 2.33. The average molecular weight is 607 g/mol. The van der Waals surface area contributed by atoms with Gasteiger partial charge < -0.3 is 26.0 Å². The van der Waals surface area contributed by atoms with Crippen LogP contribution in [0.2, 0.25) is 0 Å². The molecular formula is C33H42N4O5S. The Morgan fingerprint density at radius 2 is 1.86 bits per heavy atom. The third kappa shape index (κ3) is 8.29. The number of rotatable bonds is 11. The molecule has 0 radical (unpaired) electrons. The summed E-state index contributed by atoms with van der Waals surface area (Å²) in [6, 6.07) is 14.5. The van der Waals surface area contributed by atoms with E-state index in [4.69, 9.17) is 0 Å². The lowest BCUT2D eigenvalue weighted by molar-refractivity contribution is -0.128. The van der Waals surface area contributed by atoms with Crippen LogP contribution in [-0.4, -0.2) is 67.0 Å². The Hall–Kier alpha value is -3.57. The van der Waals surface area contributed by atoms with Crippen LogP contribution in [0.15, 0.2) is 66.8 Å². The Balaban J connectivity index is 1.54. The summed E-state index contributed by atoms with van der Waals surface area (Å²) in [5.41, 5.74) is 3.99. The van der Waals surface area contributed by atoms with Gasteiger partial charge in [-0.1, -0.05) is 61.5 Å². The molecule has 1 aliphatic carbocycles. The predicted octanol–water partition coefficient (Wildman–Crippen LogP) is 2.77. The van der Waals surface area contributed by atoms with Crippen LogP contribution < -0.4 is 20.9 Å². The van der Waals surface area contributed by atoms with Crippen molar-refractivity contribution in [2.45, 2.75) is 77.2 Å². The first-order valence-corrected chi connectivity index (χ1v) is 15.9. The summed E-state index contributed by atoms with van der Waals surface area (Å²) >= 11 is 0. The first kappa shape index (κ1) is 32.3. The van der Waals surface area contributed by atoms with E-state index in [9.17, 15) is 23.1 Å². The summed E-state index contributed by atoms with van der Waals surface area (Å²) in [7, 11) is -2.34. The molecule has 9 nitrogen and oxygen atoms in total. The van der Waals surface area contributed by atoms with Gasteiger partial charge in [-0.25, -0.2) is 0 Å². The first-order valence-electron chi connectivity index (χ1n) is 14.8. The number of likely N-dealkylation sites (N-methyl/N-ethyl adjacent to an activating group) is 1. The Kier molecular flexibility index (Phi) is 10.7. The number of nitrogens with one attached hydrogen (secondary N) is 3. The van der Waals surface area contributed by atoms with Gasteiger partial charge in [0.1, 0.15) is 6.04 Å². The monoisotopic (exact) mass is 606 g/mol. The molecule has 2 amide bonds. The van der Waals surface area contributed by atoms with E-state index in [2.05, 4.69) is 16.0 Å². The number of amides is 2. The van der Waals surface area contributed by atoms with Crippen molar-refractivity contribution in [2.24, 2.45) is 0 Å². The fourth-order valence-electron chi connectivity index (χ4n) is 5.55. The topological polar surface area (TPSA) is 128 Å². The molecule has 2 aromatic rings. The van der Waals surface area contributed by atoms with E-state index in [-0.39, 0.29) is 18.2 Å². The number of allylic oxidation sites excluding steroid dienone is 2. The number of aliphatic hydroxyl groups is 1. The normalized spacial score (nSPS) is 19.4. The molecule has 3 atom stereocenters. The molecule has 0 saturated carbocycles. The molecule has 4 N–H and O–H groups in total. The minimum atomic E-state index is -2.34. The minimum Gasteiger partial charge on any atom is -0.392 e. The van der Waals surface area contributed by atoms with Gasteiger partial charge >= 0.3 is 0 Å². The maximum Gasteiger partial charge on any atom is 0.249 e. The number of hydrogen-bond acceptors (Lipinski definition) is 7. The van der Waals surface area contributed by atoms with E-state index < -0.39 is 34.0 Å². The highest BCUT2D eigenvalue weighted by molar-refractivity contribution is 7.73. The number of fused-ring (bicyclic) bond motifs is 1. The first-order chi connectivity index (χ1) is 20.5. The van der Waals surface area contributed by atoms with Gasteiger partial charge in [0.15, 0.2) is 0 Å². The summed E-state index contributed by atoms with van der Waals surface area (Å²) < 4.78 is 23.7. The van der Waals surface area contributed by atoms with Gasteiger partial charge in [-0.15, -0.1) is 0 Å². The van der Waals surface area contributed by atoms with E-state index in [0.29, 0.717) is 37.3 Å². The molecule has 0 saturated heterocycles. The number of carbonyl (C=O) groups excluding carboxylic acids is 2. The number of anilines is 1. The van der Waals surface area contributed by atoms with Gasteiger partial charge in [-0.3, -0.25) is 9.59 Å². The molecule has 0 fully saturated rings. The van der Waals surface area contributed by atoms with Crippen molar-refractivity contribution in [3.8, 4) is 0 Å². The van der Waals surface area contributed by atoms with E-state index >= 15 is 0 Å². The molecule has 1 heterocycles. The average Bonchev–Trinajstić information content (AvgIpc) is 3.09. The Morgan fingerprint density at radius 3 is 2.53 bits per heavy atom. The molecule has 2 aliphatic rings. The predicted molar refractivity (Wildman–Crippen MR) is 171 cm³/mol. The number of nitrogens with zero attached hydrogens (tertiary/aromatic N) is 1. The van der Waals surface area contributed by atoms with Gasteiger partial charge in [-0.05, 0) is 74.6 Å². The summed E-state index contributed by atoms with van der Waals surface area (Å²) in [5.74, 6) is -0.390. The van der Waals surface area contributed by atoms with Gasteiger partial charge in [0.25, 0.3) is 0 Å². The zero-order chi connectivity index (χ0) is 31.1. The summed E-state index contributed by atoms with van der Waals surface area (Å²) in [5, 5.41) is 19.1. The molecule has 4 rings (SSSR count). The Morgan fingerprint density at radius 1 is 1.14 bits per heavy atom. The van der Waals surface area contributed by atoms with Crippen molar-refractivity contribution in [1.82, 2.24) is 16.0 Å². The van der Waals surface area contributed by atoms with Crippen molar-refractivity contribution in [1.29, 1.82) is 0 Å². The zero-order valence-corrected chi connectivity index (χ0v) is 26.1. The van der Waals surface area contributed by atoms with Gasteiger partial charge in [0.2, 0.25) is 22.1 Å². The molecule has 10 heteroatoms. The standard InChI is InChI=1S/C33H42N4O5S/c1-5-34-31-26(10-8-12-29(31)43(41)42)24-15-13-23(14-16-24)21-37-28-11-7-6-9-25(28)17-18-27(32(37)40)36-30(39)19-33(3,4)35-20-22(2)38/h6-16,22,27,31,34-35,38H,5,17-21H2,1-4H3,(H,36,39)/t22-,27-,31?/m1/s1. The lowest BCUT2D eigenvalue weighted by atomic mass is 9.91. The zero-order valence-electron chi connectivity index (χ0n) is 25.3. The van der Waals surface area contributed by atoms with Crippen LogP contribution in [0, 0.1) is 0 Å².